The highest BCUT2D eigenvalue weighted by atomic mass is 16.6. The van der Waals surface area contributed by atoms with Crippen molar-refractivity contribution >= 4 is 6.09 Å². The van der Waals surface area contributed by atoms with E-state index in [2.05, 4.69) is 6.92 Å². The molecule has 0 spiro atoms. The zero-order valence-corrected chi connectivity index (χ0v) is 13.5. The summed E-state index contributed by atoms with van der Waals surface area (Å²) in [6.45, 7) is 9.67. The minimum atomic E-state index is -0.433. The van der Waals surface area contributed by atoms with Crippen LogP contribution in [0.5, 0.6) is 0 Å². The molecule has 1 heterocycles. The summed E-state index contributed by atoms with van der Waals surface area (Å²) in [7, 11) is 0. The summed E-state index contributed by atoms with van der Waals surface area (Å²) >= 11 is 0. The summed E-state index contributed by atoms with van der Waals surface area (Å²) in [5.74, 6) is 1.05. The van der Waals surface area contributed by atoms with E-state index in [1.54, 1.807) is 0 Å². The Morgan fingerprint density at radius 2 is 2.00 bits per heavy atom. The van der Waals surface area contributed by atoms with Gasteiger partial charge in [0.1, 0.15) is 5.60 Å². The first-order chi connectivity index (χ1) is 9.37. The van der Waals surface area contributed by atoms with Gasteiger partial charge in [-0.25, -0.2) is 4.79 Å². The van der Waals surface area contributed by atoms with Gasteiger partial charge in [0, 0.05) is 19.7 Å². The van der Waals surface area contributed by atoms with Crippen molar-refractivity contribution < 1.29 is 14.6 Å². The van der Waals surface area contributed by atoms with Gasteiger partial charge in [-0.1, -0.05) is 19.8 Å². The lowest BCUT2D eigenvalue weighted by Gasteiger charge is -2.39. The largest absolute Gasteiger partial charge is 0.444 e. The Morgan fingerprint density at radius 3 is 2.55 bits per heavy atom. The summed E-state index contributed by atoms with van der Waals surface area (Å²) in [6, 6.07) is 0. The second-order valence-electron chi connectivity index (χ2n) is 6.89. The SMILES string of the molecule is CCCCC1CN(C(=O)OC(C)(C)C)CCC1CCO. The Labute approximate surface area is 123 Å². The summed E-state index contributed by atoms with van der Waals surface area (Å²) in [6.07, 6.45) is 5.15. The Hall–Kier alpha value is -0.770. The molecule has 0 aliphatic carbocycles. The molecule has 1 saturated heterocycles. The summed E-state index contributed by atoms with van der Waals surface area (Å²) in [4.78, 5) is 14.0. The third-order valence-electron chi connectivity index (χ3n) is 3.97. The van der Waals surface area contributed by atoms with E-state index in [0.717, 1.165) is 32.4 Å². The minimum absolute atomic E-state index is 0.193. The van der Waals surface area contributed by atoms with Crippen molar-refractivity contribution in [2.75, 3.05) is 19.7 Å². The highest BCUT2D eigenvalue weighted by molar-refractivity contribution is 5.68. The Bertz CT molecular complexity index is 299. The lowest BCUT2D eigenvalue weighted by molar-refractivity contribution is 0.00740. The van der Waals surface area contributed by atoms with Crippen LogP contribution < -0.4 is 0 Å². The highest BCUT2D eigenvalue weighted by Crippen LogP contribution is 2.31. The monoisotopic (exact) mass is 285 g/mol. The number of amides is 1. The van der Waals surface area contributed by atoms with E-state index in [9.17, 15) is 9.90 Å². The number of hydrogen-bond acceptors (Lipinski definition) is 3. The molecule has 1 aliphatic rings. The van der Waals surface area contributed by atoms with E-state index >= 15 is 0 Å². The zero-order valence-electron chi connectivity index (χ0n) is 13.5. The van der Waals surface area contributed by atoms with Crippen molar-refractivity contribution in [3.63, 3.8) is 0 Å². The number of nitrogens with zero attached hydrogens (tertiary/aromatic N) is 1. The van der Waals surface area contributed by atoms with Gasteiger partial charge >= 0.3 is 6.09 Å². The lowest BCUT2D eigenvalue weighted by Crippen LogP contribution is -2.46. The van der Waals surface area contributed by atoms with Crippen LogP contribution in [0, 0.1) is 11.8 Å². The number of aliphatic hydroxyl groups is 1. The number of ether oxygens (including phenoxy) is 1. The second-order valence-corrected chi connectivity index (χ2v) is 6.89. The van der Waals surface area contributed by atoms with Crippen molar-refractivity contribution in [1.82, 2.24) is 4.90 Å². The highest BCUT2D eigenvalue weighted by Gasteiger charge is 2.32. The van der Waals surface area contributed by atoms with E-state index in [-0.39, 0.29) is 12.7 Å². The van der Waals surface area contributed by atoms with Gasteiger partial charge in [0.15, 0.2) is 0 Å². The average molecular weight is 285 g/mol. The molecule has 118 valence electrons. The number of unbranched alkanes of at least 4 members (excludes halogenated alkanes) is 1. The van der Waals surface area contributed by atoms with Crippen LogP contribution in [0.4, 0.5) is 4.79 Å². The molecule has 1 fully saturated rings. The van der Waals surface area contributed by atoms with Gasteiger partial charge in [-0.3, -0.25) is 0 Å². The smallest absolute Gasteiger partial charge is 0.410 e. The molecule has 1 amide bonds. The van der Waals surface area contributed by atoms with Crippen molar-refractivity contribution in [1.29, 1.82) is 0 Å². The Balaban J connectivity index is 2.58. The van der Waals surface area contributed by atoms with Gasteiger partial charge < -0.3 is 14.7 Å². The van der Waals surface area contributed by atoms with E-state index in [1.165, 1.54) is 12.8 Å². The van der Waals surface area contributed by atoms with E-state index in [0.29, 0.717) is 11.8 Å². The van der Waals surface area contributed by atoms with Crippen LogP contribution in [0.2, 0.25) is 0 Å². The molecule has 0 aromatic heterocycles. The zero-order chi connectivity index (χ0) is 15.2. The average Bonchev–Trinajstić information content (AvgIpc) is 2.35. The van der Waals surface area contributed by atoms with Crippen LogP contribution in [0.3, 0.4) is 0 Å². The Morgan fingerprint density at radius 1 is 1.30 bits per heavy atom. The fraction of sp³-hybridized carbons (Fsp3) is 0.938. The van der Waals surface area contributed by atoms with Crippen LogP contribution in [-0.4, -0.2) is 41.4 Å². The van der Waals surface area contributed by atoms with Crippen LogP contribution in [0.15, 0.2) is 0 Å². The molecule has 0 aromatic carbocycles. The topological polar surface area (TPSA) is 49.8 Å². The van der Waals surface area contributed by atoms with Gasteiger partial charge in [-0.2, -0.15) is 0 Å². The molecule has 1 aliphatic heterocycles. The molecule has 4 nitrogen and oxygen atoms in total. The quantitative estimate of drug-likeness (QED) is 0.842. The first kappa shape index (κ1) is 17.3. The standard InChI is InChI=1S/C16H31NO3/c1-5-6-7-14-12-17(10-8-13(14)9-11-18)15(19)20-16(2,3)4/h13-14,18H,5-12H2,1-4H3. The maximum Gasteiger partial charge on any atom is 0.410 e. The van der Waals surface area contributed by atoms with Gasteiger partial charge in [-0.15, -0.1) is 0 Å². The molecular weight excluding hydrogens is 254 g/mol. The van der Waals surface area contributed by atoms with Crippen LogP contribution >= 0.6 is 0 Å². The number of piperidine rings is 1. The van der Waals surface area contributed by atoms with Crippen molar-refractivity contribution in [3.8, 4) is 0 Å². The summed E-state index contributed by atoms with van der Waals surface area (Å²) < 4.78 is 5.46. The van der Waals surface area contributed by atoms with Crippen molar-refractivity contribution in [2.24, 2.45) is 11.8 Å². The molecule has 0 bridgehead atoms. The van der Waals surface area contributed by atoms with E-state index in [4.69, 9.17) is 4.74 Å². The number of carbonyl (C=O) groups is 1. The van der Waals surface area contributed by atoms with Gasteiger partial charge in [-0.05, 0) is 51.9 Å². The molecule has 4 heteroatoms. The number of carbonyl (C=O) groups excluding carboxylic acids is 1. The molecule has 0 aromatic rings. The molecule has 1 rings (SSSR count). The fourth-order valence-corrected chi connectivity index (χ4v) is 2.91. The molecule has 1 N–H and O–H groups in total. The molecule has 20 heavy (non-hydrogen) atoms. The van der Waals surface area contributed by atoms with Gasteiger partial charge in [0.2, 0.25) is 0 Å². The fourth-order valence-electron chi connectivity index (χ4n) is 2.91. The van der Waals surface area contributed by atoms with Crippen LogP contribution in [0.25, 0.3) is 0 Å². The predicted molar refractivity (Wildman–Crippen MR) is 80.6 cm³/mol. The maximum absolute atomic E-state index is 12.2. The minimum Gasteiger partial charge on any atom is -0.444 e. The molecular formula is C16H31NO3. The van der Waals surface area contributed by atoms with Crippen molar-refractivity contribution in [3.05, 3.63) is 0 Å². The molecule has 0 radical (unpaired) electrons. The summed E-state index contributed by atoms with van der Waals surface area (Å²) in [5, 5.41) is 9.18. The normalized spacial score (nSPS) is 23.8. The van der Waals surface area contributed by atoms with Crippen LogP contribution in [-0.2, 0) is 4.74 Å². The van der Waals surface area contributed by atoms with E-state index < -0.39 is 5.60 Å². The number of rotatable bonds is 5. The first-order valence-electron chi connectivity index (χ1n) is 7.96. The predicted octanol–water partition coefficient (Wildman–Crippen LogP) is 3.43. The molecule has 2 unspecified atom stereocenters. The third-order valence-corrected chi connectivity index (χ3v) is 3.97. The van der Waals surface area contributed by atoms with Crippen LogP contribution in [0.1, 0.15) is 59.8 Å². The first-order valence-corrected chi connectivity index (χ1v) is 7.96. The molecule has 0 saturated carbocycles. The maximum atomic E-state index is 12.2. The lowest BCUT2D eigenvalue weighted by atomic mass is 9.80. The number of hydrogen-bond donors (Lipinski definition) is 1. The second kappa shape index (κ2) is 7.87. The number of likely N-dealkylation sites (tertiary alicyclic amines) is 1. The van der Waals surface area contributed by atoms with E-state index in [1.807, 2.05) is 25.7 Å². The number of aliphatic hydroxyl groups excluding tert-OH is 1. The van der Waals surface area contributed by atoms with Gasteiger partial charge in [0.25, 0.3) is 0 Å². The van der Waals surface area contributed by atoms with Crippen molar-refractivity contribution in [2.45, 2.75) is 65.4 Å². The summed E-state index contributed by atoms with van der Waals surface area (Å²) in [5.41, 5.74) is -0.433. The Kier molecular flexibility index (Phi) is 6.80. The molecule has 2 atom stereocenters. The third kappa shape index (κ3) is 5.70. The van der Waals surface area contributed by atoms with Gasteiger partial charge in [0.05, 0.1) is 0 Å².